The molecule has 49 heteroatoms. The van der Waals surface area contributed by atoms with Gasteiger partial charge in [-0.1, -0.05) is 26.9 Å². The summed E-state index contributed by atoms with van der Waals surface area (Å²) in [6.07, 6.45) is -57.7. The average molecular weight is 1170 g/mol. The van der Waals surface area contributed by atoms with Gasteiger partial charge in [0.2, 0.25) is 0 Å². The molecule has 0 aromatic heterocycles. The van der Waals surface area contributed by atoms with Crippen molar-refractivity contribution in [2.75, 3.05) is 0 Å². The van der Waals surface area contributed by atoms with Crippen LogP contribution >= 0.6 is 0 Å². The van der Waals surface area contributed by atoms with Crippen LogP contribution in [-0.4, -0.2) is 146 Å². The highest BCUT2D eigenvalue weighted by molar-refractivity contribution is 5.55. The highest BCUT2D eigenvalue weighted by Gasteiger charge is 3.24. The van der Waals surface area contributed by atoms with Crippen LogP contribution in [0.25, 0.3) is 0 Å². The minimum atomic E-state index is -10.9. The van der Waals surface area contributed by atoms with Crippen molar-refractivity contribution in [3.05, 3.63) is 0 Å². The van der Waals surface area contributed by atoms with E-state index in [0.29, 0.717) is 0 Å². The normalized spacial score (nSPS) is 32.5. The van der Waals surface area contributed by atoms with Crippen LogP contribution in [-0.2, 0) is 14.2 Å². The van der Waals surface area contributed by atoms with Crippen LogP contribution in [0.4, 0.5) is 189 Å². The summed E-state index contributed by atoms with van der Waals surface area (Å²) >= 11 is 0. The lowest BCUT2D eigenvalue weighted by Gasteiger charge is -2.77. The Kier molecular flexibility index (Phi) is 12.7. The van der Waals surface area contributed by atoms with Crippen molar-refractivity contribution >= 4 is 0 Å². The molecule has 4 saturated carbocycles. The van der Waals surface area contributed by atoms with E-state index in [1.807, 2.05) is 0 Å². The standard InChI is InChI=1S/C22F43N3O3/c23-1-5(24,25)2(69-20(54,55)14(42,66(60)61)11(36,37)17(45,46)47)8(30,31)3(6(1,26)27,70-21(56,57)15(43,67(62)63)12(38,39)18(48,49)50)10(34,35)4(7(1,28)29,9(2,32)33)71-22(58,59)16(44,68(64)65)13(40,41)19(51,52)53. The minimum absolute atomic E-state index is 0.815. The molecule has 0 aliphatic heterocycles. The molecule has 0 N–H and O–H groups in total. The number of halogens is 43. The van der Waals surface area contributed by atoms with Gasteiger partial charge < -0.3 is 0 Å². The van der Waals surface area contributed by atoms with Crippen molar-refractivity contribution in [3.8, 4) is 0 Å². The third kappa shape index (κ3) is 5.69. The Hall–Kier alpha value is -3.25. The number of hydrogen-bond acceptors (Lipinski definition) is 6. The molecule has 4 fully saturated rings. The van der Waals surface area contributed by atoms with E-state index < -0.39 is 146 Å². The molecule has 4 aliphatic carbocycles. The van der Waals surface area contributed by atoms with Crippen LogP contribution in [0.1, 0.15) is 0 Å². The first-order valence-corrected chi connectivity index (χ1v) is 15.2. The second kappa shape index (κ2) is 14.6. The van der Waals surface area contributed by atoms with E-state index in [1.165, 1.54) is 0 Å². The van der Waals surface area contributed by atoms with Crippen LogP contribution in [0.3, 0.4) is 0 Å². The molecule has 4 rings (SSSR count). The molecule has 422 valence electrons. The van der Waals surface area contributed by atoms with E-state index in [4.69, 9.17) is 0 Å². The average Bonchev–Trinajstić information content (AvgIpc) is 3.12. The summed E-state index contributed by atoms with van der Waals surface area (Å²) < 4.78 is 628. The fourth-order valence-corrected chi connectivity index (χ4v) is 6.92. The minimum Gasteiger partial charge on any atom is -0.290 e. The van der Waals surface area contributed by atoms with E-state index in [1.54, 1.807) is 0 Å². The molecule has 4 aliphatic rings. The smallest absolute Gasteiger partial charge is 0.290 e. The van der Waals surface area contributed by atoms with E-state index in [-0.39, 0.29) is 0 Å². The van der Waals surface area contributed by atoms with E-state index in [9.17, 15) is 106 Å². The Balaban J connectivity index is 3.06. The zero-order valence-electron chi connectivity index (χ0n) is 29.8. The third-order valence-corrected chi connectivity index (χ3v) is 10.3. The fourth-order valence-electron chi connectivity index (χ4n) is 6.92. The fraction of sp³-hybridized carbons (Fsp3) is 1.00. The zero-order chi connectivity index (χ0) is 57.9. The summed E-state index contributed by atoms with van der Waals surface area (Å²) in [5, 5.41) is -16.7. The molecule has 0 aromatic carbocycles. The molecular formula is C22F43N3O3. The predicted octanol–water partition coefficient (Wildman–Crippen LogP) is 12.4. The molecule has 6 nitrogen and oxygen atoms in total. The van der Waals surface area contributed by atoms with Crippen LogP contribution in [0.5, 0.6) is 0 Å². The maximum absolute atomic E-state index is 16.4. The van der Waals surface area contributed by atoms with Crippen LogP contribution < -0.4 is 0 Å². The van der Waals surface area contributed by atoms with E-state index in [2.05, 4.69) is 0 Å². The monoisotopic (exact) mass is 1170 g/mol. The Morgan fingerprint density at radius 1 is 0.239 bits per heavy atom. The van der Waals surface area contributed by atoms with Gasteiger partial charge in [0, 0.05) is 0 Å². The first-order valence-electron chi connectivity index (χ1n) is 15.2. The summed E-state index contributed by atoms with van der Waals surface area (Å²) in [5.41, 5.74) is -43.1. The maximum atomic E-state index is 16.4. The molecule has 4 bridgehead atoms. The topological polar surface area (TPSA) is 37.4 Å². The van der Waals surface area contributed by atoms with Gasteiger partial charge in [0.05, 0.1) is 16.0 Å². The number of hydrogen-bond donors (Lipinski definition) is 0. The molecule has 0 saturated heterocycles. The first kappa shape index (κ1) is 62.0. The quantitative estimate of drug-likeness (QED) is 0.0924. The van der Waals surface area contributed by atoms with Gasteiger partial charge in [0.15, 0.2) is 0 Å². The largest absolute Gasteiger partial charge is 0.458 e. The molecule has 3 unspecified atom stereocenters. The number of rotatable bonds is 15. The molecule has 3 atom stereocenters. The molecule has 0 aromatic rings. The molecule has 0 radical (unpaired) electrons. The maximum Gasteiger partial charge on any atom is 0.458 e. The van der Waals surface area contributed by atoms with E-state index >= 15 is 83.4 Å². The lowest BCUT2D eigenvalue weighted by atomic mass is 9.38. The van der Waals surface area contributed by atoms with Crippen molar-refractivity contribution in [1.82, 2.24) is 16.0 Å². The summed E-state index contributed by atoms with van der Waals surface area (Å²) in [7, 11) is 0. The summed E-state index contributed by atoms with van der Waals surface area (Å²) in [6.45, 7) is 0. The number of alkyl halides is 37. The van der Waals surface area contributed by atoms with Crippen molar-refractivity contribution in [2.24, 2.45) is 0 Å². The Morgan fingerprint density at radius 3 is 0.493 bits per heavy atom. The van der Waals surface area contributed by atoms with Gasteiger partial charge >= 0.3 is 113 Å². The van der Waals surface area contributed by atoms with Gasteiger partial charge in [-0.25, -0.2) is 17.6 Å². The zero-order valence-corrected chi connectivity index (χ0v) is 29.8. The third-order valence-electron chi connectivity index (χ3n) is 10.3. The Morgan fingerprint density at radius 2 is 0.380 bits per heavy atom. The molecule has 0 heterocycles. The number of nitrogens with zero attached hydrogens (tertiary/aromatic N) is 3. The predicted molar refractivity (Wildman–Crippen MR) is 116 cm³/mol. The molecule has 0 amide bonds. The van der Waals surface area contributed by atoms with Crippen LogP contribution in [0.2, 0.25) is 0 Å². The first-order chi connectivity index (χ1) is 30.2. The molecule has 71 heavy (non-hydrogen) atoms. The lowest BCUT2D eigenvalue weighted by molar-refractivity contribution is -0.679. The van der Waals surface area contributed by atoms with Crippen molar-refractivity contribution in [2.45, 2.75) is 130 Å². The van der Waals surface area contributed by atoms with Crippen LogP contribution in [0.15, 0.2) is 0 Å². The van der Waals surface area contributed by atoms with E-state index in [0.717, 1.165) is 14.2 Å². The molecular weight excluding hydrogens is 1170 g/mol. The van der Waals surface area contributed by atoms with Crippen molar-refractivity contribution < 1.29 is 204 Å². The number of ether oxygens (including phenoxy) is 3. The van der Waals surface area contributed by atoms with Gasteiger partial charge in [-0.2, -0.15) is 145 Å². The lowest BCUT2D eigenvalue weighted by Crippen LogP contribution is -3.12. The van der Waals surface area contributed by atoms with Gasteiger partial charge in [-0.15, -0.1) is 0 Å². The van der Waals surface area contributed by atoms with Crippen molar-refractivity contribution in [1.29, 1.82) is 0 Å². The van der Waals surface area contributed by atoms with Crippen LogP contribution in [0, 0.1) is 0 Å². The summed E-state index contributed by atoms with van der Waals surface area (Å²) in [5.74, 6) is -122. The summed E-state index contributed by atoms with van der Waals surface area (Å²) in [6, 6.07) is 0. The Bertz CT molecular complexity index is 1830. The second-order valence-corrected chi connectivity index (χ2v) is 13.8. The highest BCUT2D eigenvalue weighted by Crippen LogP contribution is 2.90. The Labute approximate surface area is 351 Å². The second-order valence-electron chi connectivity index (χ2n) is 13.8. The van der Waals surface area contributed by atoms with Gasteiger partial charge in [-0.3, -0.25) is 14.2 Å². The van der Waals surface area contributed by atoms with Gasteiger partial charge in [0.25, 0.3) is 16.8 Å². The van der Waals surface area contributed by atoms with Gasteiger partial charge in [-0.05, 0) is 0 Å². The van der Waals surface area contributed by atoms with Crippen molar-refractivity contribution in [3.63, 3.8) is 0 Å². The summed E-state index contributed by atoms with van der Waals surface area (Å²) in [4.78, 5) is 0. The molecule has 0 spiro atoms. The SMILES string of the molecule is FN(F)C(F)(C(F)(F)OC12C(F)(F)C3(F)C(F)(F)C(OC(F)(F)C(F)(N(F)F)C(F)(F)C(F)(F)F)(C1(F)F)C(F)(F)C(OC(F)(F)C(F)(N(F)F)C(F)(F)C(F)(F)F)(C3(F)F)C2(F)F)C(F)(F)C(F)(F)F. The van der Waals surface area contributed by atoms with Gasteiger partial charge in [0.1, 0.15) is 0 Å². The highest BCUT2D eigenvalue weighted by atomic mass is 19.5.